The van der Waals surface area contributed by atoms with Crippen LogP contribution in [0.5, 0.6) is 0 Å². The van der Waals surface area contributed by atoms with Crippen LogP contribution in [0.2, 0.25) is 0 Å². The molecular weight excluding hydrogens is 493 g/mol. The van der Waals surface area contributed by atoms with E-state index in [2.05, 4.69) is 10.3 Å². The lowest BCUT2D eigenvalue weighted by Gasteiger charge is -2.43. The number of aliphatic hydroxyl groups is 1. The summed E-state index contributed by atoms with van der Waals surface area (Å²) in [6.07, 6.45) is -0.477. The number of rotatable bonds is 9. The Hall–Kier alpha value is -2.76. The van der Waals surface area contributed by atoms with Crippen LogP contribution in [0.15, 0.2) is 36.4 Å². The SMILES string of the molecule is C[C@@H]1Cc2nc3ccccc3n2[C@@H](c2c(F)cc(NC3CN(CCCF)C3)cc2F)N1CC(F)(F)CO. The molecule has 3 aromatic rings. The Bertz CT molecular complexity index is 1240. The molecule has 11 heteroatoms. The predicted octanol–water partition coefficient (Wildman–Crippen LogP) is 4.19. The van der Waals surface area contributed by atoms with Gasteiger partial charge in [-0.1, -0.05) is 12.1 Å². The van der Waals surface area contributed by atoms with Crippen LogP contribution in [0, 0.1) is 11.6 Å². The molecule has 200 valence electrons. The summed E-state index contributed by atoms with van der Waals surface area (Å²) in [4.78, 5) is 7.99. The molecule has 0 aliphatic carbocycles. The Morgan fingerprint density at radius 3 is 2.51 bits per heavy atom. The third-order valence-electron chi connectivity index (χ3n) is 7.19. The van der Waals surface area contributed by atoms with E-state index in [0.717, 1.165) is 0 Å². The second-order valence-corrected chi connectivity index (χ2v) is 10.00. The molecule has 3 heterocycles. The second kappa shape index (κ2) is 10.2. The van der Waals surface area contributed by atoms with Crippen molar-refractivity contribution in [3.8, 4) is 0 Å². The minimum Gasteiger partial charge on any atom is -0.390 e. The van der Waals surface area contributed by atoms with Crippen molar-refractivity contribution < 1.29 is 27.1 Å². The van der Waals surface area contributed by atoms with Crippen LogP contribution in [0.3, 0.4) is 0 Å². The molecular formula is C26H30F5N5O. The molecule has 6 nitrogen and oxygen atoms in total. The van der Waals surface area contributed by atoms with Crippen LogP contribution >= 0.6 is 0 Å². The molecule has 0 unspecified atom stereocenters. The molecule has 2 aliphatic rings. The number of aromatic nitrogens is 2. The van der Waals surface area contributed by atoms with Gasteiger partial charge in [-0.15, -0.1) is 0 Å². The van der Waals surface area contributed by atoms with Gasteiger partial charge >= 0.3 is 0 Å². The van der Waals surface area contributed by atoms with E-state index < -0.39 is 42.9 Å². The topological polar surface area (TPSA) is 56.6 Å². The predicted molar refractivity (Wildman–Crippen MR) is 131 cm³/mol. The van der Waals surface area contributed by atoms with Gasteiger partial charge in [0.2, 0.25) is 0 Å². The number of imidazole rings is 1. The van der Waals surface area contributed by atoms with Crippen LogP contribution in [0.25, 0.3) is 11.0 Å². The highest BCUT2D eigenvalue weighted by atomic mass is 19.3. The van der Waals surface area contributed by atoms with Crippen LogP contribution in [0.1, 0.15) is 30.9 Å². The van der Waals surface area contributed by atoms with Crippen molar-refractivity contribution in [3.05, 3.63) is 59.4 Å². The summed E-state index contributed by atoms with van der Waals surface area (Å²) < 4.78 is 74.3. The number of hydrogen-bond donors (Lipinski definition) is 2. The molecule has 1 fully saturated rings. The van der Waals surface area contributed by atoms with Gasteiger partial charge in [-0.25, -0.2) is 22.5 Å². The van der Waals surface area contributed by atoms with Crippen LogP contribution in [-0.4, -0.2) is 81.9 Å². The fraction of sp³-hybridized carbons (Fsp3) is 0.500. The van der Waals surface area contributed by atoms with Crippen molar-refractivity contribution in [2.75, 3.05) is 44.8 Å². The fourth-order valence-electron chi connectivity index (χ4n) is 5.41. The summed E-state index contributed by atoms with van der Waals surface area (Å²) in [5.74, 6) is -4.65. The molecule has 0 spiro atoms. The second-order valence-electron chi connectivity index (χ2n) is 10.00. The van der Waals surface area contributed by atoms with Crippen LogP contribution < -0.4 is 5.32 Å². The van der Waals surface area contributed by atoms with Crippen LogP contribution in [-0.2, 0) is 6.42 Å². The Labute approximate surface area is 211 Å². The van der Waals surface area contributed by atoms with E-state index in [4.69, 9.17) is 0 Å². The summed E-state index contributed by atoms with van der Waals surface area (Å²) in [6.45, 7) is 0.974. The summed E-state index contributed by atoms with van der Waals surface area (Å²) in [5, 5.41) is 12.4. The molecule has 2 aliphatic heterocycles. The standard InChI is InChI=1S/C26H30F5N5O/c1-16-9-23-33-21-5-2-3-6-22(21)36(23)25(35(16)14-26(30,31)15-37)24-19(28)10-17(11-20(24)29)32-18-12-34(13-18)8-4-7-27/h2-3,5-6,10-11,16,18,25,32,37H,4,7-9,12-15H2,1H3/t16-,25+/m1/s1. The van der Waals surface area contributed by atoms with Gasteiger partial charge in [0.1, 0.15) is 30.2 Å². The first-order valence-electron chi connectivity index (χ1n) is 12.4. The first kappa shape index (κ1) is 25.9. The highest BCUT2D eigenvalue weighted by molar-refractivity contribution is 5.76. The van der Waals surface area contributed by atoms with Gasteiger partial charge in [0.15, 0.2) is 0 Å². The van der Waals surface area contributed by atoms with Crippen molar-refractivity contribution in [2.45, 2.75) is 43.9 Å². The zero-order valence-corrected chi connectivity index (χ0v) is 20.5. The number of benzene rings is 2. The molecule has 2 aromatic carbocycles. The van der Waals surface area contributed by atoms with Gasteiger partial charge < -0.3 is 15.0 Å². The molecule has 37 heavy (non-hydrogen) atoms. The number of para-hydroxylation sites is 2. The van der Waals surface area contributed by atoms with E-state index in [1.165, 1.54) is 17.0 Å². The normalized spacial score (nSPS) is 21.3. The average molecular weight is 524 g/mol. The van der Waals surface area contributed by atoms with Crippen molar-refractivity contribution in [1.82, 2.24) is 19.4 Å². The number of likely N-dealkylation sites (tertiary alicyclic amines) is 1. The van der Waals surface area contributed by atoms with Gasteiger partial charge in [0.05, 0.1) is 35.9 Å². The number of aliphatic hydroxyl groups excluding tert-OH is 1. The third kappa shape index (κ3) is 5.04. The molecule has 1 aromatic heterocycles. The maximum atomic E-state index is 15.7. The number of anilines is 1. The summed E-state index contributed by atoms with van der Waals surface area (Å²) in [6, 6.07) is 8.88. The molecule has 0 amide bonds. The first-order valence-corrected chi connectivity index (χ1v) is 12.4. The van der Waals surface area contributed by atoms with Crippen molar-refractivity contribution in [2.24, 2.45) is 0 Å². The third-order valence-corrected chi connectivity index (χ3v) is 7.19. The maximum absolute atomic E-state index is 15.7. The molecule has 2 N–H and O–H groups in total. The summed E-state index contributed by atoms with van der Waals surface area (Å²) in [7, 11) is 0. The first-order chi connectivity index (χ1) is 17.7. The van der Waals surface area contributed by atoms with E-state index >= 15 is 8.78 Å². The van der Waals surface area contributed by atoms with Crippen LogP contribution in [0.4, 0.5) is 27.6 Å². The number of halogens is 5. The van der Waals surface area contributed by atoms with Gasteiger partial charge in [0, 0.05) is 37.8 Å². The van der Waals surface area contributed by atoms with Crippen molar-refractivity contribution in [3.63, 3.8) is 0 Å². The zero-order chi connectivity index (χ0) is 26.3. The van der Waals surface area contributed by atoms with Crippen molar-refractivity contribution >= 4 is 16.7 Å². The number of nitrogens with zero attached hydrogens (tertiary/aromatic N) is 4. The summed E-state index contributed by atoms with van der Waals surface area (Å²) >= 11 is 0. The Morgan fingerprint density at radius 1 is 1.14 bits per heavy atom. The number of fused-ring (bicyclic) bond motifs is 3. The number of hydrogen-bond acceptors (Lipinski definition) is 5. The van der Waals surface area contributed by atoms with Gasteiger partial charge in [-0.05, 0) is 37.6 Å². The van der Waals surface area contributed by atoms with E-state index in [-0.39, 0.29) is 24.0 Å². The quantitative estimate of drug-likeness (QED) is 0.412. The lowest BCUT2D eigenvalue weighted by molar-refractivity contribution is -0.0942. The molecule has 1 saturated heterocycles. The number of alkyl halides is 3. The highest BCUT2D eigenvalue weighted by Gasteiger charge is 2.43. The lowest BCUT2D eigenvalue weighted by atomic mass is 10.0. The summed E-state index contributed by atoms with van der Waals surface area (Å²) in [5.41, 5.74) is 1.08. The Morgan fingerprint density at radius 2 is 1.84 bits per heavy atom. The van der Waals surface area contributed by atoms with E-state index in [1.807, 2.05) is 4.90 Å². The lowest BCUT2D eigenvalue weighted by Crippen LogP contribution is -2.54. The van der Waals surface area contributed by atoms with E-state index in [0.29, 0.717) is 49.3 Å². The number of nitrogens with one attached hydrogen (secondary N) is 1. The largest absolute Gasteiger partial charge is 0.390 e. The maximum Gasteiger partial charge on any atom is 0.283 e. The van der Waals surface area contributed by atoms with E-state index in [9.17, 15) is 18.3 Å². The Balaban J connectivity index is 1.51. The van der Waals surface area contributed by atoms with E-state index in [1.54, 1.807) is 35.8 Å². The van der Waals surface area contributed by atoms with Gasteiger partial charge in [-0.3, -0.25) is 14.2 Å². The zero-order valence-electron chi connectivity index (χ0n) is 20.5. The molecule has 5 rings (SSSR count). The van der Waals surface area contributed by atoms with Gasteiger partial charge in [-0.2, -0.15) is 0 Å². The average Bonchev–Trinajstić information content (AvgIpc) is 3.19. The minimum absolute atomic E-state index is 0.0251. The van der Waals surface area contributed by atoms with Crippen molar-refractivity contribution in [1.29, 1.82) is 0 Å². The minimum atomic E-state index is -3.47. The van der Waals surface area contributed by atoms with Gasteiger partial charge in [0.25, 0.3) is 5.92 Å². The molecule has 2 atom stereocenters. The monoisotopic (exact) mass is 523 g/mol. The Kier molecular flexibility index (Phi) is 7.12. The highest BCUT2D eigenvalue weighted by Crippen LogP contribution is 2.40. The smallest absolute Gasteiger partial charge is 0.283 e. The molecule has 0 bridgehead atoms. The molecule has 0 radical (unpaired) electrons. The molecule has 0 saturated carbocycles. The fourth-order valence-corrected chi connectivity index (χ4v) is 5.41.